The van der Waals surface area contributed by atoms with Gasteiger partial charge in [0.25, 0.3) is 0 Å². The van der Waals surface area contributed by atoms with E-state index in [4.69, 9.17) is 17.3 Å². The maximum absolute atomic E-state index is 13.1. The SMILES string of the molecule is Nc1ccc(NCc2ccc(F)c(Cl)c2)c2nonc12. The highest BCUT2D eigenvalue weighted by Gasteiger charge is 2.10. The second kappa shape index (κ2) is 4.97. The fourth-order valence-electron chi connectivity index (χ4n) is 1.88. The molecule has 5 nitrogen and oxygen atoms in total. The number of aromatic nitrogens is 2. The number of hydrogen-bond acceptors (Lipinski definition) is 5. The van der Waals surface area contributed by atoms with Gasteiger partial charge >= 0.3 is 0 Å². The minimum Gasteiger partial charge on any atom is -0.397 e. The van der Waals surface area contributed by atoms with E-state index in [2.05, 4.69) is 20.3 Å². The molecule has 20 heavy (non-hydrogen) atoms. The molecule has 0 fully saturated rings. The van der Waals surface area contributed by atoms with Gasteiger partial charge in [0, 0.05) is 6.54 Å². The molecular formula is C13H10ClFN4O. The van der Waals surface area contributed by atoms with Crippen LogP contribution in [0.15, 0.2) is 35.0 Å². The van der Waals surface area contributed by atoms with E-state index in [0.29, 0.717) is 23.3 Å². The van der Waals surface area contributed by atoms with Crippen molar-refractivity contribution in [2.45, 2.75) is 6.54 Å². The molecule has 0 saturated heterocycles. The zero-order valence-electron chi connectivity index (χ0n) is 10.2. The molecule has 0 aliphatic rings. The minimum absolute atomic E-state index is 0.0925. The highest BCUT2D eigenvalue weighted by Crippen LogP contribution is 2.26. The molecule has 0 atom stereocenters. The van der Waals surface area contributed by atoms with E-state index in [0.717, 1.165) is 11.3 Å². The average Bonchev–Trinajstić information content (AvgIpc) is 2.92. The van der Waals surface area contributed by atoms with Gasteiger partial charge in [0.2, 0.25) is 0 Å². The second-order valence-corrected chi connectivity index (χ2v) is 4.67. The number of anilines is 2. The summed E-state index contributed by atoms with van der Waals surface area (Å²) in [6.45, 7) is 0.464. The van der Waals surface area contributed by atoms with E-state index in [1.165, 1.54) is 6.07 Å². The van der Waals surface area contributed by atoms with Gasteiger partial charge in [0.15, 0.2) is 11.0 Å². The Morgan fingerprint density at radius 3 is 2.80 bits per heavy atom. The molecule has 0 spiro atoms. The zero-order chi connectivity index (χ0) is 14.1. The van der Waals surface area contributed by atoms with Crippen LogP contribution in [-0.4, -0.2) is 10.3 Å². The number of nitrogen functional groups attached to an aromatic ring is 1. The third-order valence-corrected chi connectivity index (χ3v) is 3.20. The van der Waals surface area contributed by atoms with Gasteiger partial charge in [0.1, 0.15) is 5.82 Å². The van der Waals surface area contributed by atoms with E-state index in [9.17, 15) is 4.39 Å². The maximum Gasteiger partial charge on any atom is 0.160 e. The fourth-order valence-corrected chi connectivity index (χ4v) is 2.08. The Morgan fingerprint density at radius 2 is 2.00 bits per heavy atom. The molecule has 1 heterocycles. The Labute approximate surface area is 118 Å². The summed E-state index contributed by atoms with van der Waals surface area (Å²) in [4.78, 5) is 0. The first-order valence-electron chi connectivity index (χ1n) is 5.83. The first kappa shape index (κ1) is 12.7. The lowest BCUT2D eigenvalue weighted by Crippen LogP contribution is -2.01. The number of benzene rings is 2. The smallest absolute Gasteiger partial charge is 0.160 e. The molecule has 0 aliphatic carbocycles. The van der Waals surface area contributed by atoms with Crippen molar-refractivity contribution in [1.82, 2.24) is 10.3 Å². The van der Waals surface area contributed by atoms with Crippen LogP contribution >= 0.6 is 11.6 Å². The maximum atomic E-state index is 13.1. The summed E-state index contributed by atoms with van der Waals surface area (Å²) in [5.74, 6) is -0.439. The van der Waals surface area contributed by atoms with Crippen molar-refractivity contribution in [3.63, 3.8) is 0 Å². The summed E-state index contributed by atoms with van der Waals surface area (Å²) in [6.07, 6.45) is 0. The molecule has 2 aromatic carbocycles. The summed E-state index contributed by atoms with van der Waals surface area (Å²) in [6, 6.07) is 8.05. The Morgan fingerprint density at radius 1 is 1.20 bits per heavy atom. The first-order valence-corrected chi connectivity index (χ1v) is 6.21. The van der Waals surface area contributed by atoms with Crippen molar-refractivity contribution in [2.24, 2.45) is 0 Å². The molecule has 0 amide bonds. The number of nitrogens with one attached hydrogen (secondary N) is 1. The predicted molar refractivity (Wildman–Crippen MR) is 75.0 cm³/mol. The molecule has 3 N–H and O–H groups in total. The molecule has 3 aromatic rings. The van der Waals surface area contributed by atoms with E-state index >= 15 is 0 Å². The summed E-state index contributed by atoms with van der Waals surface area (Å²) in [7, 11) is 0. The van der Waals surface area contributed by atoms with Gasteiger partial charge in [-0.15, -0.1) is 0 Å². The van der Waals surface area contributed by atoms with Crippen molar-refractivity contribution in [3.8, 4) is 0 Å². The van der Waals surface area contributed by atoms with Gasteiger partial charge in [-0.25, -0.2) is 9.02 Å². The first-order chi connectivity index (χ1) is 9.65. The van der Waals surface area contributed by atoms with E-state index < -0.39 is 5.82 Å². The molecule has 1 aromatic heterocycles. The van der Waals surface area contributed by atoms with Gasteiger partial charge in [0.05, 0.1) is 16.4 Å². The van der Waals surface area contributed by atoms with Crippen LogP contribution in [0.2, 0.25) is 5.02 Å². The summed E-state index contributed by atoms with van der Waals surface area (Å²) >= 11 is 5.74. The molecular weight excluding hydrogens is 283 g/mol. The van der Waals surface area contributed by atoms with Crippen LogP contribution < -0.4 is 11.1 Å². The summed E-state index contributed by atoms with van der Waals surface area (Å²) < 4.78 is 17.8. The number of nitrogens with two attached hydrogens (primary N) is 1. The lowest BCUT2D eigenvalue weighted by atomic mass is 10.2. The van der Waals surface area contributed by atoms with Gasteiger partial charge < -0.3 is 11.1 Å². The lowest BCUT2D eigenvalue weighted by Gasteiger charge is -2.07. The van der Waals surface area contributed by atoms with Crippen LogP contribution in [0.1, 0.15) is 5.56 Å². The van der Waals surface area contributed by atoms with E-state index in [1.807, 2.05) is 0 Å². The normalized spacial score (nSPS) is 10.9. The Hall–Kier alpha value is -2.34. The molecule has 7 heteroatoms. The zero-order valence-corrected chi connectivity index (χ0v) is 11.0. The van der Waals surface area contributed by atoms with Gasteiger partial charge in [-0.3, -0.25) is 0 Å². The van der Waals surface area contributed by atoms with Crippen molar-refractivity contribution >= 4 is 34.0 Å². The Balaban J connectivity index is 1.85. The molecule has 0 unspecified atom stereocenters. The molecule has 0 saturated carbocycles. The highest BCUT2D eigenvalue weighted by atomic mass is 35.5. The van der Waals surface area contributed by atoms with Crippen molar-refractivity contribution in [1.29, 1.82) is 0 Å². The molecule has 0 bridgehead atoms. The van der Waals surface area contributed by atoms with Crippen LogP contribution in [0, 0.1) is 5.82 Å². The summed E-state index contributed by atoms with van der Waals surface area (Å²) in [5.41, 5.74) is 8.90. The third kappa shape index (κ3) is 2.25. The van der Waals surface area contributed by atoms with E-state index in [-0.39, 0.29) is 5.02 Å². The number of fused-ring (bicyclic) bond motifs is 1. The quantitative estimate of drug-likeness (QED) is 0.725. The van der Waals surface area contributed by atoms with Gasteiger partial charge in [-0.1, -0.05) is 17.7 Å². The van der Waals surface area contributed by atoms with Crippen LogP contribution in [0.25, 0.3) is 11.0 Å². The molecule has 102 valence electrons. The van der Waals surface area contributed by atoms with Crippen LogP contribution in [0.5, 0.6) is 0 Å². The second-order valence-electron chi connectivity index (χ2n) is 4.27. The van der Waals surface area contributed by atoms with E-state index in [1.54, 1.807) is 24.3 Å². The third-order valence-electron chi connectivity index (χ3n) is 2.91. The predicted octanol–water partition coefficient (Wildman–Crippen LogP) is 3.21. The van der Waals surface area contributed by atoms with Crippen LogP contribution in [0.3, 0.4) is 0 Å². The molecule has 0 aliphatic heterocycles. The Bertz CT molecular complexity index is 774. The number of nitrogens with zero attached hydrogens (tertiary/aromatic N) is 2. The molecule has 0 radical (unpaired) electrons. The monoisotopic (exact) mass is 292 g/mol. The van der Waals surface area contributed by atoms with Crippen LogP contribution in [0.4, 0.5) is 15.8 Å². The Kier molecular flexibility index (Phi) is 3.15. The van der Waals surface area contributed by atoms with Crippen molar-refractivity contribution in [2.75, 3.05) is 11.1 Å². The topological polar surface area (TPSA) is 77.0 Å². The number of halogens is 2. The summed E-state index contributed by atoms with van der Waals surface area (Å²) in [5, 5.41) is 10.8. The average molecular weight is 293 g/mol. The number of rotatable bonds is 3. The van der Waals surface area contributed by atoms with Crippen molar-refractivity contribution < 1.29 is 9.02 Å². The van der Waals surface area contributed by atoms with Gasteiger partial charge in [-0.2, -0.15) is 0 Å². The van der Waals surface area contributed by atoms with Crippen molar-refractivity contribution in [3.05, 3.63) is 46.7 Å². The lowest BCUT2D eigenvalue weighted by molar-refractivity contribution is 0.316. The van der Waals surface area contributed by atoms with Crippen LogP contribution in [-0.2, 0) is 6.54 Å². The largest absolute Gasteiger partial charge is 0.397 e. The standard InChI is InChI=1S/C13H10ClFN4O/c14-8-5-7(1-2-9(8)15)6-17-11-4-3-10(16)12-13(11)19-20-18-12/h1-5,17H,6,16H2. The highest BCUT2D eigenvalue weighted by molar-refractivity contribution is 6.30. The minimum atomic E-state index is -0.439. The van der Waals surface area contributed by atoms with Gasteiger partial charge in [-0.05, 0) is 40.1 Å². The fraction of sp³-hybridized carbons (Fsp3) is 0.0769. The number of hydrogen-bond donors (Lipinski definition) is 2. The molecule has 3 rings (SSSR count).